The van der Waals surface area contributed by atoms with Crippen molar-refractivity contribution in [2.45, 2.75) is 43.5 Å². The maximum absolute atomic E-state index is 12.7. The second-order valence-electron chi connectivity index (χ2n) is 8.29. The van der Waals surface area contributed by atoms with Crippen molar-refractivity contribution >= 4 is 21.8 Å². The molecule has 2 amide bonds. The van der Waals surface area contributed by atoms with Gasteiger partial charge in [-0.2, -0.15) is 4.31 Å². The summed E-state index contributed by atoms with van der Waals surface area (Å²) < 4.78 is 27.0. The number of carbonyl (C=O) groups is 2. The molecule has 3 rings (SSSR count). The van der Waals surface area contributed by atoms with Crippen LogP contribution in [-0.2, 0) is 27.8 Å². The van der Waals surface area contributed by atoms with E-state index in [0.29, 0.717) is 42.9 Å². The van der Waals surface area contributed by atoms with Gasteiger partial charge in [0.2, 0.25) is 15.9 Å². The number of benzene rings is 2. The van der Waals surface area contributed by atoms with E-state index in [9.17, 15) is 18.0 Å². The fraction of sp³-hybridized carbons (Fsp3) is 0.417. The van der Waals surface area contributed by atoms with Crippen LogP contribution in [-0.4, -0.2) is 56.6 Å². The van der Waals surface area contributed by atoms with Crippen LogP contribution in [0, 0.1) is 0 Å². The highest BCUT2D eigenvalue weighted by molar-refractivity contribution is 7.89. The molecule has 0 spiro atoms. The number of nitrogens with zero attached hydrogens (tertiary/aromatic N) is 2. The highest BCUT2D eigenvalue weighted by Crippen LogP contribution is 2.21. The van der Waals surface area contributed by atoms with Crippen LogP contribution >= 0.6 is 0 Å². The van der Waals surface area contributed by atoms with Gasteiger partial charge in [-0.3, -0.25) is 9.59 Å². The molecule has 0 bridgehead atoms. The van der Waals surface area contributed by atoms with Gasteiger partial charge >= 0.3 is 0 Å². The van der Waals surface area contributed by atoms with Crippen LogP contribution in [0.15, 0.2) is 53.4 Å². The summed E-state index contributed by atoms with van der Waals surface area (Å²) in [5.41, 5.74) is 2.36. The molecule has 1 aliphatic rings. The lowest BCUT2D eigenvalue weighted by atomic mass is 10.1. The molecule has 0 saturated carbocycles. The van der Waals surface area contributed by atoms with Gasteiger partial charge in [0.25, 0.3) is 5.91 Å². The SMILES string of the molecule is CN(C)C(=O)c1cccc(CNC(=O)CCc2ccc(S(=O)(=O)N3CCCCC3)cc2)c1. The van der Waals surface area contributed by atoms with Crippen molar-refractivity contribution in [2.24, 2.45) is 0 Å². The Morgan fingerprint density at radius 3 is 2.31 bits per heavy atom. The molecule has 8 heteroatoms. The van der Waals surface area contributed by atoms with E-state index in [1.54, 1.807) is 60.9 Å². The zero-order valence-electron chi connectivity index (χ0n) is 18.7. The van der Waals surface area contributed by atoms with Crippen LogP contribution in [0.2, 0.25) is 0 Å². The smallest absolute Gasteiger partial charge is 0.253 e. The average Bonchev–Trinajstić information content (AvgIpc) is 2.82. The molecule has 1 fully saturated rings. The fourth-order valence-corrected chi connectivity index (χ4v) is 5.22. The highest BCUT2D eigenvalue weighted by atomic mass is 32.2. The second-order valence-corrected chi connectivity index (χ2v) is 10.2. The summed E-state index contributed by atoms with van der Waals surface area (Å²) in [5, 5.41) is 2.88. The highest BCUT2D eigenvalue weighted by Gasteiger charge is 2.25. The molecule has 0 aliphatic carbocycles. The minimum atomic E-state index is -3.44. The van der Waals surface area contributed by atoms with E-state index in [2.05, 4.69) is 5.32 Å². The first-order valence-electron chi connectivity index (χ1n) is 10.9. The third-order valence-electron chi connectivity index (χ3n) is 5.59. The van der Waals surface area contributed by atoms with Crippen LogP contribution < -0.4 is 5.32 Å². The van der Waals surface area contributed by atoms with Crippen LogP contribution in [0.25, 0.3) is 0 Å². The Bertz CT molecular complexity index is 1040. The Balaban J connectivity index is 1.50. The molecular weight excluding hydrogens is 426 g/mol. The van der Waals surface area contributed by atoms with Crippen molar-refractivity contribution in [2.75, 3.05) is 27.2 Å². The largest absolute Gasteiger partial charge is 0.352 e. The summed E-state index contributed by atoms with van der Waals surface area (Å²) in [6.45, 7) is 1.51. The van der Waals surface area contributed by atoms with Gasteiger partial charge < -0.3 is 10.2 Å². The predicted octanol–water partition coefficient (Wildman–Crippen LogP) is 2.81. The molecule has 1 heterocycles. The van der Waals surface area contributed by atoms with E-state index in [-0.39, 0.29) is 11.8 Å². The van der Waals surface area contributed by atoms with E-state index >= 15 is 0 Å². The van der Waals surface area contributed by atoms with Gasteiger partial charge in [-0.1, -0.05) is 30.7 Å². The number of sulfonamides is 1. The Labute approximate surface area is 190 Å². The number of hydrogen-bond donors (Lipinski definition) is 1. The number of hydrogen-bond acceptors (Lipinski definition) is 4. The van der Waals surface area contributed by atoms with Gasteiger partial charge in [0.15, 0.2) is 0 Å². The second kappa shape index (κ2) is 10.7. The maximum atomic E-state index is 12.7. The zero-order chi connectivity index (χ0) is 23.1. The maximum Gasteiger partial charge on any atom is 0.253 e. The Kier molecular flexibility index (Phi) is 8.04. The first-order valence-corrected chi connectivity index (χ1v) is 12.4. The number of nitrogens with one attached hydrogen (secondary N) is 1. The minimum absolute atomic E-state index is 0.0797. The van der Waals surface area contributed by atoms with Gasteiger partial charge in [-0.15, -0.1) is 0 Å². The van der Waals surface area contributed by atoms with E-state index in [0.717, 1.165) is 30.4 Å². The van der Waals surface area contributed by atoms with Gasteiger partial charge in [0.1, 0.15) is 0 Å². The molecule has 7 nitrogen and oxygen atoms in total. The summed E-state index contributed by atoms with van der Waals surface area (Å²) in [6, 6.07) is 14.0. The van der Waals surface area contributed by atoms with E-state index < -0.39 is 10.0 Å². The molecule has 0 radical (unpaired) electrons. The zero-order valence-corrected chi connectivity index (χ0v) is 19.5. The molecule has 172 valence electrons. The van der Waals surface area contributed by atoms with Crippen molar-refractivity contribution in [3.8, 4) is 0 Å². The molecule has 0 aromatic heterocycles. The molecule has 32 heavy (non-hydrogen) atoms. The topological polar surface area (TPSA) is 86.8 Å². The number of carbonyl (C=O) groups excluding carboxylic acids is 2. The first kappa shape index (κ1) is 23.9. The molecule has 2 aromatic carbocycles. The molecule has 1 N–H and O–H groups in total. The molecule has 0 unspecified atom stereocenters. The van der Waals surface area contributed by atoms with Crippen LogP contribution in [0.1, 0.15) is 47.2 Å². The number of piperidine rings is 1. The van der Waals surface area contributed by atoms with Gasteiger partial charge in [0, 0.05) is 45.7 Å². The molecular formula is C24H31N3O4S. The number of rotatable bonds is 8. The summed E-state index contributed by atoms with van der Waals surface area (Å²) >= 11 is 0. The first-order chi connectivity index (χ1) is 15.3. The van der Waals surface area contributed by atoms with Crippen molar-refractivity contribution in [1.29, 1.82) is 0 Å². The summed E-state index contributed by atoms with van der Waals surface area (Å²) in [7, 11) is -0.0358. The van der Waals surface area contributed by atoms with E-state index in [1.165, 1.54) is 4.90 Å². The minimum Gasteiger partial charge on any atom is -0.352 e. The quantitative estimate of drug-likeness (QED) is 0.660. The number of amides is 2. The lowest BCUT2D eigenvalue weighted by molar-refractivity contribution is -0.121. The van der Waals surface area contributed by atoms with Crippen molar-refractivity contribution in [1.82, 2.24) is 14.5 Å². The Morgan fingerprint density at radius 2 is 1.66 bits per heavy atom. The average molecular weight is 458 g/mol. The van der Waals surface area contributed by atoms with Crippen molar-refractivity contribution < 1.29 is 18.0 Å². The molecule has 1 aliphatic heterocycles. The van der Waals surface area contributed by atoms with Crippen LogP contribution in [0.3, 0.4) is 0 Å². The summed E-state index contributed by atoms with van der Waals surface area (Å²) in [5.74, 6) is -0.178. The normalized spacial score (nSPS) is 14.7. The Hall–Kier alpha value is -2.71. The molecule has 0 atom stereocenters. The number of aryl methyl sites for hydroxylation is 1. The Morgan fingerprint density at radius 1 is 0.969 bits per heavy atom. The van der Waals surface area contributed by atoms with Crippen LogP contribution in [0.5, 0.6) is 0 Å². The van der Waals surface area contributed by atoms with Gasteiger partial charge in [-0.05, 0) is 54.7 Å². The third-order valence-corrected chi connectivity index (χ3v) is 7.50. The standard InChI is InChI=1S/C24H31N3O4S/c1-26(2)24(29)21-8-6-7-20(17-21)18-25-23(28)14-11-19-9-12-22(13-10-19)32(30,31)27-15-4-3-5-16-27/h6-10,12-13,17H,3-5,11,14-16,18H2,1-2H3,(H,25,28). The van der Waals surface area contributed by atoms with Crippen LogP contribution in [0.4, 0.5) is 0 Å². The monoisotopic (exact) mass is 457 g/mol. The van der Waals surface area contributed by atoms with E-state index in [1.807, 2.05) is 6.07 Å². The van der Waals surface area contributed by atoms with Gasteiger partial charge in [0.05, 0.1) is 4.90 Å². The summed E-state index contributed by atoms with van der Waals surface area (Å²) in [6.07, 6.45) is 3.71. The molecule has 2 aromatic rings. The van der Waals surface area contributed by atoms with Gasteiger partial charge in [-0.25, -0.2) is 8.42 Å². The lowest BCUT2D eigenvalue weighted by Gasteiger charge is -2.25. The third kappa shape index (κ3) is 6.17. The van der Waals surface area contributed by atoms with Crippen molar-refractivity contribution in [3.63, 3.8) is 0 Å². The summed E-state index contributed by atoms with van der Waals surface area (Å²) in [4.78, 5) is 26.1. The lowest BCUT2D eigenvalue weighted by Crippen LogP contribution is -2.35. The van der Waals surface area contributed by atoms with Crippen molar-refractivity contribution in [3.05, 3.63) is 65.2 Å². The molecule has 1 saturated heterocycles. The predicted molar refractivity (Wildman–Crippen MR) is 124 cm³/mol. The fourth-order valence-electron chi connectivity index (χ4n) is 3.70. The van der Waals surface area contributed by atoms with E-state index in [4.69, 9.17) is 0 Å².